The molecule has 14 heavy (non-hydrogen) atoms. The van der Waals surface area contributed by atoms with Crippen LogP contribution in [0, 0.1) is 0 Å². The van der Waals surface area contributed by atoms with Gasteiger partial charge in [-0.2, -0.15) is 8.42 Å². The van der Waals surface area contributed by atoms with E-state index in [4.69, 9.17) is 5.11 Å². The number of sulfone groups is 1. The van der Waals surface area contributed by atoms with Crippen molar-refractivity contribution >= 4 is 20.0 Å². The first-order chi connectivity index (χ1) is 6.13. The normalized spacial score (nSPS) is 15.4. The van der Waals surface area contributed by atoms with Crippen molar-refractivity contribution < 1.29 is 26.1 Å². The Labute approximate surface area is 83.9 Å². The molecule has 0 spiro atoms. The molecule has 0 radical (unpaired) electrons. The first-order valence-electron chi connectivity index (χ1n) is 3.84. The van der Waals surface area contributed by atoms with E-state index >= 15 is 0 Å². The smallest absolute Gasteiger partial charge is 0.264 e. The summed E-state index contributed by atoms with van der Waals surface area (Å²) in [6, 6.07) is 0. The lowest BCUT2D eigenvalue weighted by atomic mass is 10.3. The van der Waals surface area contributed by atoms with Gasteiger partial charge in [0.1, 0.15) is 0 Å². The molecule has 0 bridgehead atoms. The van der Waals surface area contributed by atoms with Gasteiger partial charge in [-0.1, -0.05) is 0 Å². The molecule has 0 aromatic rings. The molecule has 0 aromatic carbocycles. The topological polar surface area (TPSA) is 97.7 Å². The molecule has 0 saturated heterocycles. The highest BCUT2D eigenvalue weighted by molar-refractivity contribution is 7.91. The molecule has 0 aromatic heterocycles. The zero-order valence-electron chi connectivity index (χ0n) is 8.00. The summed E-state index contributed by atoms with van der Waals surface area (Å²) in [5.74, 6) is 0. The highest BCUT2D eigenvalue weighted by Crippen LogP contribution is 2.04. The highest BCUT2D eigenvalue weighted by Gasteiger charge is 2.16. The maximum absolute atomic E-state index is 10.7. The number of hydrogen-bond acceptors (Lipinski definition) is 6. The van der Waals surface area contributed by atoms with E-state index in [-0.39, 0.29) is 19.4 Å². The Kier molecular flexibility index (Phi) is 4.99. The van der Waals surface area contributed by atoms with Crippen LogP contribution in [0.15, 0.2) is 0 Å². The van der Waals surface area contributed by atoms with E-state index in [1.165, 1.54) is 0 Å². The van der Waals surface area contributed by atoms with E-state index < -0.39 is 25.4 Å². The molecular weight excluding hydrogens is 232 g/mol. The van der Waals surface area contributed by atoms with Gasteiger partial charge in [0.25, 0.3) is 10.1 Å². The van der Waals surface area contributed by atoms with Gasteiger partial charge in [-0.05, 0) is 12.8 Å². The van der Waals surface area contributed by atoms with E-state index in [9.17, 15) is 16.8 Å². The van der Waals surface area contributed by atoms with Crippen molar-refractivity contribution in [2.24, 2.45) is 0 Å². The Hall–Kier alpha value is -0.180. The van der Waals surface area contributed by atoms with E-state index in [0.717, 1.165) is 12.5 Å². The molecule has 6 nitrogen and oxygen atoms in total. The second kappa shape index (κ2) is 5.06. The molecule has 0 heterocycles. The van der Waals surface area contributed by atoms with Gasteiger partial charge >= 0.3 is 0 Å². The minimum absolute atomic E-state index is 0.0334. The van der Waals surface area contributed by atoms with Gasteiger partial charge in [0.2, 0.25) is 0 Å². The zero-order valence-corrected chi connectivity index (χ0v) is 9.64. The van der Waals surface area contributed by atoms with Crippen LogP contribution in [0.1, 0.15) is 12.8 Å². The monoisotopic (exact) mass is 246 g/mol. The van der Waals surface area contributed by atoms with Gasteiger partial charge < -0.3 is 5.11 Å². The molecule has 0 aliphatic rings. The molecule has 86 valence electrons. The number of aliphatic hydroxyl groups excluding tert-OH is 1. The van der Waals surface area contributed by atoms with Crippen molar-refractivity contribution in [2.75, 3.05) is 19.1 Å². The van der Waals surface area contributed by atoms with Crippen molar-refractivity contribution in [3.8, 4) is 0 Å². The van der Waals surface area contributed by atoms with Gasteiger partial charge in [-0.15, -0.1) is 0 Å². The Morgan fingerprint density at radius 3 is 2.07 bits per heavy atom. The van der Waals surface area contributed by atoms with Gasteiger partial charge in [0.15, 0.2) is 15.3 Å². The summed E-state index contributed by atoms with van der Waals surface area (Å²) in [4.78, 5) is 0. The summed E-state index contributed by atoms with van der Waals surface area (Å²) in [6.45, 7) is -0.120. The molecule has 0 aliphatic heterocycles. The Morgan fingerprint density at radius 1 is 1.21 bits per heavy atom. The second-order valence-electron chi connectivity index (χ2n) is 2.95. The summed E-state index contributed by atoms with van der Waals surface area (Å²) in [5.41, 5.74) is -1.45. The van der Waals surface area contributed by atoms with Gasteiger partial charge in [0.05, 0.1) is 12.9 Å². The minimum Gasteiger partial charge on any atom is -0.377 e. The fraction of sp³-hybridized carbons (Fsp3) is 1.00. The molecule has 0 saturated carbocycles. The molecule has 0 amide bonds. The van der Waals surface area contributed by atoms with E-state index in [0.29, 0.717) is 0 Å². The standard InChI is InChI=1S/C6H14O6S2/c1-13(8,9)6(7)4-3-5-12-14(2,10)11/h6-7H,3-5H2,1-2H3. The van der Waals surface area contributed by atoms with Crippen LogP contribution in [0.25, 0.3) is 0 Å². The third-order valence-electron chi connectivity index (χ3n) is 1.39. The van der Waals surface area contributed by atoms with Crippen LogP contribution in [0.3, 0.4) is 0 Å². The molecule has 0 aliphatic carbocycles. The third-order valence-corrected chi connectivity index (χ3v) is 3.21. The lowest BCUT2D eigenvalue weighted by Gasteiger charge is -2.07. The maximum atomic E-state index is 10.7. The first-order valence-corrected chi connectivity index (χ1v) is 7.61. The van der Waals surface area contributed by atoms with E-state index in [1.807, 2.05) is 0 Å². The number of rotatable bonds is 6. The van der Waals surface area contributed by atoms with Gasteiger partial charge in [-0.3, -0.25) is 4.18 Å². The Morgan fingerprint density at radius 2 is 1.71 bits per heavy atom. The van der Waals surface area contributed by atoms with Crippen LogP contribution >= 0.6 is 0 Å². The predicted octanol–water partition coefficient (Wildman–Crippen LogP) is -0.894. The zero-order chi connectivity index (χ0) is 11.4. The van der Waals surface area contributed by atoms with Crippen molar-refractivity contribution in [2.45, 2.75) is 18.3 Å². The van der Waals surface area contributed by atoms with Crippen molar-refractivity contribution in [3.05, 3.63) is 0 Å². The van der Waals surface area contributed by atoms with Gasteiger partial charge in [-0.25, -0.2) is 8.42 Å². The average molecular weight is 246 g/mol. The Balaban J connectivity index is 3.78. The molecule has 0 rings (SSSR count). The molecule has 1 atom stereocenters. The summed E-state index contributed by atoms with van der Waals surface area (Å²) < 4.78 is 46.7. The van der Waals surface area contributed by atoms with Crippen LogP contribution in [0.2, 0.25) is 0 Å². The van der Waals surface area contributed by atoms with Crippen LogP contribution in [-0.4, -0.2) is 46.5 Å². The van der Waals surface area contributed by atoms with Crippen LogP contribution in [0.5, 0.6) is 0 Å². The summed E-state index contributed by atoms with van der Waals surface area (Å²) >= 11 is 0. The summed E-state index contributed by atoms with van der Waals surface area (Å²) in [7, 11) is -6.96. The van der Waals surface area contributed by atoms with Crippen molar-refractivity contribution in [3.63, 3.8) is 0 Å². The minimum atomic E-state index is -3.49. The van der Waals surface area contributed by atoms with Crippen LogP contribution < -0.4 is 0 Å². The highest BCUT2D eigenvalue weighted by atomic mass is 32.2. The quantitative estimate of drug-likeness (QED) is 0.482. The molecular formula is C6H14O6S2. The first kappa shape index (κ1) is 13.8. The maximum Gasteiger partial charge on any atom is 0.264 e. The van der Waals surface area contributed by atoms with Crippen LogP contribution in [-0.2, 0) is 24.1 Å². The van der Waals surface area contributed by atoms with Crippen LogP contribution in [0.4, 0.5) is 0 Å². The molecule has 1 N–H and O–H groups in total. The molecule has 8 heteroatoms. The third kappa shape index (κ3) is 7.25. The van der Waals surface area contributed by atoms with Gasteiger partial charge in [0, 0.05) is 6.26 Å². The predicted molar refractivity (Wildman–Crippen MR) is 50.9 cm³/mol. The largest absolute Gasteiger partial charge is 0.377 e. The Bertz CT molecular complexity index is 354. The fourth-order valence-corrected chi connectivity index (χ4v) is 1.70. The average Bonchev–Trinajstić information content (AvgIpc) is 1.93. The summed E-state index contributed by atoms with van der Waals surface area (Å²) in [6.07, 6.45) is 1.95. The van der Waals surface area contributed by atoms with E-state index in [1.54, 1.807) is 0 Å². The number of hydrogen-bond donors (Lipinski definition) is 1. The lowest BCUT2D eigenvalue weighted by Crippen LogP contribution is -2.19. The van der Waals surface area contributed by atoms with Crippen molar-refractivity contribution in [1.82, 2.24) is 0 Å². The molecule has 0 fully saturated rings. The van der Waals surface area contributed by atoms with E-state index in [2.05, 4.69) is 4.18 Å². The summed E-state index contributed by atoms with van der Waals surface area (Å²) in [5, 5.41) is 9.02. The lowest BCUT2D eigenvalue weighted by molar-refractivity contribution is 0.219. The molecule has 1 unspecified atom stereocenters. The van der Waals surface area contributed by atoms with Crippen molar-refractivity contribution in [1.29, 1.82) is 0 Å². The second-order valence-corrected chi connectivity index (χ2v) is 6.80. The fourth-order valence-electron chi connectivity index (χ4n) is 0.682. The number of aliphatic hydroxyl groups is 1. The SMILES string of the molecule is CS(=O)(=O)OCCCC(O)S(C)(=O)=O.